The van der Waals surface area contributed by atoms with Gasteiger partial charge in [-0.1, -0.05) is 20.8 Å². The van der Waals surface area contributed by atoms with Crippen LogP contribution in [0.5, 0.6) is 5.75 Å². The zero-order valence-corrected chi connectivity index (χ0v) is 17.7. The molecule has 3 nitrogen and oxygen atoms in total. The Hall–Kier alpha value is -0.783. The van der Waals surface area contributed by atoms with Gasteiger partial charge in [0.2, 0.25) is 0 Å². The maximum Gasteiger partial charge on any atom is 0.191 e. The number of hydrogen-bond donors (Lipinski definition) is 0. The Kier molecular flexibility index (Phi) is 5.64. The molecule has 0 aliphatic rings. The van der Waals surface area contributed by atoms with Gasteiger partial charge in [-0.25, -0.2) is 0 Å². The summed E-state index contributed by atoms with van der Waals surface area (Å²) in [5, 5.41) is 1.41. The van der Waals surface area contributed by atoms with Crippen LogP contribution >= 0.6 is 15.9 Å². The average molecular weight is 398 g/mol. The number of halogens is 1. The summed E-state index contributed by atoms with van der Waals surface area (Å²) in [6.07, 6.45) is 3.14. The molecule has 2 rings (SSSR count). The van der Waals surface area contributed by atoms with E-state index in [1.807, 2.05) is 12.1 Å². The molecule has 0 N–H and O–H groups in total. The predicted octanol–water partition coefficient (Wildman–Crippen LogP) is 5.82. The molecule has 0 fully saturated rings. The van der Waals surface area contributed by atoms with Crippen molar-refractivity contribution in [2.75, 3.05) is 13.7 Å². The number of benzene rings is 1. The molecule has 0 saturated heterocycles. The van der Waals surface area contributed by atoms with Gasteiger partial charge in [0.05, 0.1) is 12.6 Å². The van der Waals surface area contributed by atoms with Gasteiger partial charge in [0.25, 0.3) is 0 Å². The molecular formula is C18H28BrNO2Si. The van der Waals surface area contributed by atoms with Crippen molar-refractivity contribution in [1.82, 2.24) is 4.57 Å². The third kappa shape index (κ3) is 4.01. The van der Waals surface area contributed by atoms with E-state index in [9.17, 15) is 0 Å². The van der Waals surface area contributed by atoms with Crippen LogP contribution < -0.4 is 4.74 Å². The van der Waals surface area contributed by atoms with Crippen molar-refractivity contribution in [3.8, 4) is 5.75 Å². The largest absolute Gasteiger partial charge is 0.496 e. The minimum atomic E-state index is -1.64. The van der Waals surface area contributed by atoms with Crippen LogP contribution in [0.2, 0.25) is 18.1 Å². The quantitative estimate of drug-likeness (QED) is 0.452. The van der Waals surface area contributed by atoms with Gasteiger partial charge in [-0.15, -0.1) is 0 Å². The number of methoxy groups -OCH3 is 1. The molecule has 0 bridgehead atoms. The standard InChI is InChI=1S/C18H28BrNO2Si/c1-18(2,3)23(5,6)22-13-7-11-20-12-10-14-16(21-4)9-8-15(19)17(14)20/h8-10,12H,7,11,13H2,1-6H3. The van der Waals surface area contributed by atoms with Crippen LogP contribution in [-0.2, 0) is 11.0 Å². The number of aryl methyl sites for hydroxylation is 1. The lowest BCUT2D eigenvalue weighted by Gasteiger charge is -2.36. The van der Waals surface area contributed by atoms with E-state index in [2.05, 4.69) is 66.6 Å². The zero-order chi connectivity index (χ0) is 17.3. The van der Waals surface area contributed by atoms with E-state index in [1.165, 1.54) is 5.52 Å². The summed E-state index contributed by atoms with van der Waals surface area (Å²) in [5.74, 6) is 0.916. The molecule has 0 aliphatic heterocycles. The lowest BCUT2D eigenvalue weighted by molar-refractivity contribution is 0.275. The Morgan fingerprint density at radius 1 is 1.17 bits per heavy atom. The Bertz CT molecular complexity index is 673. The van der Waals surface area contributed by atoms with Gasteiger partial charge in [0.15, 0.2) is 8.32 Å². The van der Waals surface area contributed by atoms with Crippen LogP contribution in [0.15, 0.2) is 28.9 Å². The number of fused-ring (bicyclic) bond motifs is 1. The molecule has 0 radical (unpaired) electrons. The van der Waals surface area contributed by atoms with Crippen LogP contribution in [0.4, 0.5) is 0 Å². The minimum Gasteiger partial charge on any atom is -0.496 e. The van der Waals surface area contributed by atoms with E-state index >= 15 is 0 Å². The highest BCUT2D eigenvalue weighted by molar-refractivity contribution is 9.10. The molecule has 0 atom stereocenters. The van der Waals surface area contributed by atoms with E-state index in [0.29, 0.717) is 0 Å². The Morgan fingerprint density at radius 3 is 2.48 bits per heavy atom. The highest BCUT2D eigenvalue weighted by atomic mass is 79.9. The molecule has 0 saturated carbocycles. The maximum absolute atomic E-state index is 6.27. The van der Waals surface area contributed by atoms with E-state index in [4.69, 9.17) is 9.16 Å². The predicted molar refractivity (Wildman–Crippen MR) is 104 cm³/mol. The van der Waals surface area contributed by atoms with Crippen molar-refractivity contribution in [2.45, 2.75) is 51.9 Å². The van der Waals surface area contributed by atoms with Gasteiger partial charge < -0.3 is 13.7 Å². The van der Waals surface area contributed by atoms with Crippen molar-refractivity contribution < 1.29 is 9.16 Å². The van der Waals surface area contributed by atoms with E-state index < -0.39 is 8.32 Å². The molecule has 23 heavy (non-hydrogen) atoms. The van der Waals surface area contributed by atoms with E-state index in [0.717, 1.165) is 35.2 Å². The highest BCUT2D eigenvalue weighted by Crippen LogP contribution is 2.36. The normalized spacial score (nSPS) is 12.8. The second-order valence-corrected chi connectivity index (χ2v) is 13.1. The van der Waals surface area contributed by atoms with Gasteiger partial charge in [-0.3, -0.25) is 0 Å². The molecule has 1 heterocycles. The van der Waals surface area contributed by atoms with Crippen molar-refractivity contribution in [2.24, 2.45) is 0 Å². The van der Waals surface area contributed by atoms with Crippen LogP contribution in [0.25, 0.3) is 10.9 Å². The number of aromatic nitrogens is 1. The Morgan fingerprint density at radius 2 is 1.87 bits per heavy atom. The van der Waals surface area contributed by atoms with Crippen LogP contribution in [0.1, 0.15) is 27.2 Å². The fourth-order valence-electron chi connectivity index (χ4n) is 2.40. The third-order valence-electron chi connectivity index (χ3n) is 4.87. The summed E-state index contributed by atoms with van der Waals surface area (Å²) in [6.45, 7) is 13.2. The summed E-state index contributed by atoms with van der Waals surface area (Å²) >= 11 is 3.66. The topological polar surface area (TPSA) is 23.4 Å². The first-order chi connectivity index (χ1) is 10.7. The zero-order valence-electron chi connectivity index (χ0n) is 15.1. The fraction of sp³-hybridized carbons (Fsp3) is 0.556. The first kappa shape index (κ1) is 18.6. The van der Waals surface area contributed by atoms with Crippen molar-refractivity contribution >= 4 is 35.2 Å². The number of nitrogens with zero attached hydrogens (tertiary/aromatic N) is 1. The van der Waals surface area contributed by atoms with Gasteiger partial charge >= 0.3 is 0 Å². The first-order valence-corrected chi connectivity index (χ1v) is 11.8. The third-order valence-corrected chi connectivity index (χ3v) is 10.0. The SMILES string of the molecule is COc1ccc(Br)c2c1ccn2CCCO[Si](C)(C)C(C)(C)C. The second-order valence-electron chi connectivity index (χ2n) is 7.48. The summed E-state index contributed by atoms with van der Waals surface area (Å²) < 4.78 is 15.1. The maximum atomic E-state index is 6.27. The van der Waals surface area contributed by atoms with Crippen molar-refractivity contribution in [3.05, 3.63) is 28.9 Å². The summed E-state index contributed by atoms with van der Waals surface area (Å²) in [6, 6.07) is 6.16. The highest BCUT2D eigenvalue weighted by Gasteiger charge is 2.36. The summed E-state index contributed by atoms with van der Waals surface area (Å²) in [4.78, 5) is 0. The fourth-order valence-corrected chi connectivity index (χ4v) is 4.06. The van der Waals surface area contributed by atoms with Crippen LogP contribution in [0.3, 0.4) is 0 Å². The molecule has 0 aliphatic carbocycles. The lowest BCUT2D eigenvalue weighted by Crippen LogP contribution is -2.41. The average Bonchev–Trinajstić information content (AvgIpc) is 2.88. The Labute approximate surface area is 149 Å². The van der Waals surface area contributed by atoms with Gasteiger partial charge in [0, 0.05) is 29.2 Å². The molecule has 5 heteroatoms. The van der Waals surface area contributed by atoms with Crippen molar-refractivity contribution in [3.63, 3.8) is 0 Å². The minimum absolute atomic E-state index is 0.267. The first-order valence-electron chi connectivity index (χ1n) is 8.12. The molecule has 1 aromatic heterocycles. The Balaban J connectivity index is 2.04. The lowest BCUT2D eigenvalue weighted by atomic mass is 10.2. The summed E-state index contributed by atoms with van der Waals surface area (Å²) in [7, 11) is 0.0705. The van der Waals surface area contributed by atoms with Gasteiger partial charge in [-0.2, -0.15) is 0 Å². The number of ether oxygens (including phenoxy) is 1. The van der Waals surface area contributed by atoms with Gasteiger partial charge in [0.1, 0.15) is 5.75 Å². The molecule has 0 unspecified atom stereocenters. The number of hydrogen-bond acceptors (Lipinski definition) is 2. The van der Waals surface area contributed by atoms with Gasteiger partial charge in [-0.05, 0) is 58.7 Å². The smallest absolute Gasteiger partial charge is 0.191 e. The van der Waals surface area contributed by atoms with E-state index in [-0.39, 0.29) is 5.04 Å². The molecule has 2 aromatic rings. The van der Waals surface area contributed by atoms with Crippen LogP contribution in [0, 0.1) is 0 Å². The summed E-state index contributed by atoms with van der Waals surface area (Å²) in [5.41, 5.74) is 1.19. The molecule has 0 amide bonds. The number of rotatable bonds is 6. The molecule has 0 spiro atoms. The van der Waals surface area contributed by atoms with E-state index in [1.54, 1.807) is 7.11 Å². The van der Waals surface area contributed by atoms with Crippen molar-refractivity contribution in [1.29, 1.82) is 0 Å². The van der Waals surface area contributed by atoms with Crippen LogP contribution in [-0.4, -0.2) is 26.6 Å². The monoisotopic (exact) mass is 397 g/mol. The molecular weight excluding hydrogens is 370 g/mol. The second kappa shape index (κ2) is 6.99. The molecule has 128 valence electrons. The molecule has 1 aromatic carbocycles.